The van der Waals surface area contributed by atoms with Gasteiger partial charge in [-0.3, -0.25) is 4.79 Å². The number of nitrogens with zero attached hydrogens (tertiary/aromatic N) is 1. The van der Waals surface area contributed by atoms with Gasteiger partial charge in [-0.15, -0.1) is 0 Å². The Bertz CT molecular complexity index is 749. The number of carbonyl (C=O) groups is 1. The highest BCUT2D eigenvalue weighted by Crippen LogP contribution is 2.61. The van der Waals surface area contributed by atoms with E-state index in [-0.39, 0.29) is 5.91 Å². The Balaban J connectivity index is 1.43. The maximum atomic E-state index is 12.2. The van der Waals surface area contributed by atoms with Crippen LogP contribution in [0.1, 0.15) is 46.1 Å². The summed E-state index contributed by atoms with van der Waals surface area (Å²) in [6.45, 7) is 4.28. The molecule has 1 saturated carbocycles. The van der Waals surface area contributed by atoms with E-state index in [1.165, 1.54) is 30.4 Å². The van der Waals surface area contributed by atoms with Gasteiger partial charge in [-0.2, -0.15) is 0 Å². The first-order valence-electron chi connectivity index (χ1n) is 7.91. The molecule has 1 amide bonds. The van der Waals surface area contributed by atoms with Crippen LogP contribution in [-0.4, -0.2) is 17.4 Å². The molecule has 1 aromatic carbocycles. The first-order chi connectivity index (χ1) is 10.6. The Morgan fingerprint density at radius 1 is 1.41 bits per heavy atom. The number of nitrogens with one attached hydrogen (secondary N) is 1. The highest BCUT2D eigenvalue weighted by atomic mass is 16.4. The summed E-state index contributed by atoms with van der Waals surface area (Å²) in [5.74, 6) is 1.28. The molecule has 0 bridgehead atoms. The molecular formula is C18H20N2O2. The summed E-state index contributed by atoms with van der Waals surface area (Å²) in [7, 11) is 0. The third-order valence-corrected chi connectivity index (χ3v) is 5.24. The van der Waals surface area contributed by atoms with Gasteiger partial charge in [-0.1, -0.05) is 24.3 Å². The molecule has 4 heteroatoms. The predicted molar refractivity (Wildman–Crippen MR) is 82.9 cm³/mol. The van der Waals surface area contributed by atoms with E-state index in [9.17, 15) is 4.79 Å². The van der Waals surface area contributed by atoms with E-state index in [0.717, 1.165) is 0 Å². The molecule has 4 nitrogen and oxygen atoms in total. The van der Waals surface area contributed by atoms with E-state index in [0.29, 0.717) is 35.2 Å². The van der Waals surface area contributed by atoms with Crippen molar-refractivity contribution in [1.82, 2.24) is 10.3 Å². The van der Waals surface area contributed by atoms with Gasteiger partial charge in [0.05, 0.1) is 5.69 Å². The summed E-state index contributed by atoms with van der Waals surface area (Å²) < 4.78 is 5.38. The fraction of sp³-hybridized carbons (Fsp3) is 0.444. The van der Waals surface area contributed by atoms with Gasteiger partial charge in [0.15, 0.2) is 5.89 Å². The smallest absolute Gasteiger partial charge is 0.289 e. The average molecular weight is 296 g/mol. The summed E-state index contributed by atoms with van der Waals surface area (Å²) in [4.78, 5) is 16.4. The Labute approximate surface area is 129 Å². The molecule has 1 fully saturated rings. The van der Waals surface area contributed by atoms with Gasteiger partial charge in [0.25, 0.3) is 5.91 Å². The minimum Gasteiger partial charge on any atom is -0.436 e. The fourth-order valence-electron chi connectivity index (χ4n) is 4.04. The van der Waals surface area contributed by atoms with Crippen LogP contribution in [0.2, 0.25) is 0 Å². The zero-order chi connectivity index (χ0) is 15.3. The van der Waals surface area contributed by atoms with Crippen molar-refractivity contribution in [3.8, 4) is 0 Å². The molecule has 22 heavy (non-hydrogen) atoms. The average Bonchev–Trinajstić information content (AvgIpc) is 2.93. The monoisotopic (exact) mass is 296 g/mol. The van der Waals surface area contributed by atoms with E-state index in [1.54, 1.807) is 13.8 Å². The number of hydrogen-bond donors (Lipinski definition) is 1. The normalized spacial score (nSPS) is 25.3. The largest absolute Gasteiger partial charge is 0.436 e. The molecule has 0 aliphatic heterocycles. The second-order valence-electron chi connectivity index (χ2n) is 6.57. The van der Waals surface area contributed by atoms with Gasteiger partial charge in [-0.05, 0) is 43.2 Å². The molecule has 2 aliphatic carbocycles. The SMILES string of the molecule is Cc1nc(C)c(C(=O)NC[C@@H]2C[C@@]23CCc2ccccc23)o1. The van der Waals surface area contributed by atoms with Gasteiger partial charge >= 0.3 is 0 Å². The van der Waals surface area contributed by atoms with E-state index in [2.05, 4.69) is 34.6 Å². The lowest BCUT2D eigenvalue weighted by molar-refractivity contribution is 0.0921. The number of amides is 1. The highest BCUT2D eigenvalue weighted by molar-refractivity contribution is 5.92. The molecule has 0 saturated heterocycles. The van der Waals surface area contributed by atoms with Crippen molar-refractivity contribution in [2.24, 2.45) is 5.92 Å². The second-order valence-corrected chi connectivity index (χ2v) is 6.57. The fourth-order valence-corrected chi connectivity index (χ4v) is 4.04. The van der Waals surface area contributed by atoms with E-state index < -0.39 is 0 Å². The minimum absolute atomic E-state index is 0.147. The zero-order valence-electron chi connectivity index (χ0n) is 13.0. The summed E-state index contributed by atoms with van der Waals surface area (Å²) >= 11 is 0. The van der Waals surface area contributed by atoms with Crippen LogP contribution in [0.5, 0.6) is 0 Å². The van der Waals surface area contributed by atoms with Crippen LogP contribution in [0.25, 0.3) is 0 Å². The molecule has 2 aliphatic rings. The van der Waals surface area contributed by atoms with Crippen LogP contribution >= 0.6 is 0 Å². The molecule has 1 N–H and O–H groups in total. The molecule has 0 unspecified atom stereocenters. The first-order valence-corrected chi connectivity index (χ1v) is 7.91. The number of oxazole rings is 1. The summed E-state index contributed by atoms with van der Waals surface area (Å²) in [6.07, 6.45) is 3.56. The Kier molecular flexibility index (Phi) is 2.90. The molecule has 2 aromatic rings. The van der Waals surface area contributed by atoms with Gasteiger partial charge in [-0.25, -0.2) is 4.98 Å². The van der Waals surface area contributed by atoms with Crippen molar-refractivity contribution >= 4 is 5.91 Å². The van der Waals surface area contributed by atoms with Crippen molar-refractivity contribution in [2.75, 3.05) is 6.54 Å². The van der Waals surface area contributed by atoms with Crippen LogP contribution in [0.15, 0.2) is 28.7 Å². The second kappa shape index (κ2) is 4.70. The first kappa shape index (κ1) is 13.6. The van der Waals surface area contributed by atoms with Crippen LogP contribution in [0.4, 0.5) is 0 Å². The number of aromatic nitrogens is 1. The lowest BCUT2D eigenvalue weighted by Crippen LogP contribution is -2.27. The minimum atomic E-state index is -0.147. The summed E-state index contributed by atoms with van der Waals surface area (Å²) in [6, 6.07) is 8.74. The lowest BCUT2D eigenvalue weighted by Gasteiger charge is -2.11. The number of hydrogen-bond acceptors (Lipinski definition) is 3. The standard InChI is InChI=1S/C18H20N2O2/c1-11-16(22-12(2)20-11)17(21)19-10-14-9-18(14)8-7-13-5-3-4-6-15(13)18/h3-6,14H,7-10H2,1-2H3,(H,19,21)/t14-,18-/m0/s1. The molecule has 2 atom stereocenters. The Morgan fingerprint density at radius 3 is 3.00 bits per heavy atom. The maximum Gasteiger partial charge on any atom is 0.289 e. The zero-order valence-corrected chi connectivity index (χ0v) is 13.0. The van der Waals surface area contributed by atoms with E-state index >= 15 is 0 Å². The van der Waals surface area contributed by atoms with Crippen molar-refractivity contribution < 1.29 is 9.21 Å². The number of aryl methyl sites for hydroxylation is 3. The molecule has 114 valence electrons. The number of benzene rings is 1. The van der Waals surface area contributed by atoms with Crippen LogP contribution in [0.3, 0.4) is 0 Å². The van der Waals surface area contributed by atoms with Gasteiger partial charge < -0.3 is 9.73 Å². The van der Waals surface area contributed by atoms with Crippen LogP contribution in [0, 0.1) is 19.8 Å². The third kappa shape index (κ3) is 1.97. The predicted octanol–water partition coefficient (Wildman–Crippen LogP) is 2.93. The number of fused-ring (bicyclic) bond motifs is 2. The van der Waals surface area contributed by atoms with Crippen molar-refractivity contribution in [2.45, 2.75) is 38.5 Å². The molecule has 1 heterocycles. The molecule has 1 spiro atoms. The quantitative estimate of drug-likeness (QED) is 0.947. The maximum absolute atomic E-state index is 12.2. The van der Waals surface area contributed by atoms with Crippen LogP contribution < -0.4 is 5.32 Å². The Hall–Kier alpha value is -2.10. The Morgan fingerprint density at radius 2 is 2.23 bits per heavy atom. The number of rotatable bonds is 3. The van der Waals surface area contributed by atoms with Crippen molar-refractivity contribution in [3.63, 3.8) is 0 Å². The van der Waals surface area contributed by atoms with Gasteiger partial charge in [0.1, 0.15) is 0 Å². The molecule has 1 aromatic heterocycles. The van der Waals surface area contributed by atoms with Crippen molar-refractivity contribution in [1.29, 1.82) is 0 Å². The van der Waals surface area contributed by atoms with Crippen LogP contribution in [-0.2, 0) is 11.8 Å². The van der Waals surface area contributed by atoms with Gasteiger partial charge in [0.2, 0.25) is 5.76 Å². The van der Waals surface area contributed by atoms with Crippen molar-refractivity contribution in [3.05, 3.63) is 52.7 Å². The molecule has 4 rings (SSSR count). The van der Waals surface area contributed by atoms with Gasteiger partial charge in [0, 0.05) is 18.9 Å². The summed E-state index contributed by atoms with van der Waals surface area (Å²) in [5.41, 5.74) is 3.96. The molecular weight excluding hydrogens is 276 g/mol. The number of carbonyl (C=O) groups excluding carboxylic acids is 1. The van der Waals surface area contributed by atoms with E-state index in [4.69, 9.17) is 4.42 Å². The lowest BCUT2D eigenvalue weighted by atomic mass is 9.95. The molecule has 0 radical (unpaired) electrons. The highest BCUT2D eigenvalue weighted by Gasteiger charge is 2.57. The summed E-state index contributed by atoms with van der Waals surface area (Å²) in [5, 5.41) is 3.02. The topological polar surface area (TPSA) is 55.1 Å². The third-order valence-electron chi connectivity index (χ3n) is 5.24. The van der Waals surface area contributed by atoms with E-state index in [1.807, 2.05) is 0 Å².